The first-order valence-electron chi connectivity index (χ1n) is 10.4. The first-order valence-corrected chi connectivity index (χ1v) is 10.4. The van der Waals surface area contributed by atoms with Crippen LogP contribution < -0.4 is 10.8 Å². The number of carbonyl (C=O) groups is 3. The van der Waals surface area contributed by atoms with Crippen LogP contribution in [0.5, 0.6) is 0 Å². The number of nitrogens with zero attached hydrogens (tertiary/aromatic N) is 3. The Kier molecular flexibility index (Phi) is 8.49. The standard InChI is InChI=1S/C24H25N5O4/c30-22(27-33)12-11-19-7-9-20(10-8-19)17-29(15-4-14-28-16-13-25-18-28)24(32)26-23(31)21-5-2-1-3-6-21/h1-3,5-13,16,18,33H,4,14-15,17H2,(H,27,30)(H,26,31,32)/b12-11+. The van der Waals surface area contributed by atoms with Gasteiger partial charge in [-0.25, -0.2) is 15.3 Å². The summed E-state index contributed by atoms with van der Waals surface area (Å²) in [6.45, 7) is 1.43. The summed E-state index contributed by atoms with van der Waals surface area (Å²) in [5, 5.41) is 11.0. The number of imidazole rings is 1. The highest BCUT2D eigenvalue weighted by atomic mass is 16.5. The van der Waals surface area contributed by atoms with Gasteiger partial charge in [0.25, 0.3) is 11.8 Å². The lowest BCUT2D eigenvalue weighted by molar-refractivity contribution is -0.124. The SMILES string of the molecule is O=C(/C=C/c1ccc(CN(CCCn2ccnc2)C(=O)NC(=O)c2ccccc2)cc1)NO. The van der Waals surface area contributed by atoms with Gasteiger partial charge in [-0.05, 0) is 35.8 Å². The van der Waals surface area contributed by atoms with Crippen LogP contribution >= 0.6 is 0 Å². The molecular weight excluding hydrogens is 422 g/mol. The largest absolute Gasteiger partial charge is 0.337 e. The number of urea groups is 1. The number of hydroxylamine groups is 1. The Morgan fingerprint density at radius 3 is 2.48 bits per heavy atom. The van der Waals surface area contributed by atoms with Gasteiger partial charge in [0.05, 0.1) is 6.33 Å². The fourth-order valence-corrected chi connectivity index (χ4v) is 3.12. The monoisotopic (exact) mass is 447 g/mol. The number of imide groups is 1. The minimum Gasteiger partial charge on any atom is -0.337 e. The molecule has 0 fully saturated rings. The van der Waals surface area contributed by atoms with E-state index >= 15 is 0 Å². The van der Waals surface area contributed by atoms with Crippen LogP contribution in [0.1, 0.15) is 27.9 Å². The van der Waals surface area contributed by atoms with E-state index in [0.29, 0.717) is 31.6 Å². The summed E-state index contributed by atoms with van der Waals surface area (Å²) in [5.41, 5.74) is 3.57. The number of rotatable bonds is 9. The van der Waals surface area contributed by atoms with Crippen LogP contribution in [0.2, 0.25) is 0 Å². The molecule has 3 N–H and O–H groups in total. The highest BCUT2D eigenvalue weighted by molar-refractivity contribution is 6.04. The summed E-state index contributed by atoms with van der Waals surface area (Å²) in [4.78, 5) is 42.1. The number of nitrogens with one attached hydrogen (secondary N) is 2. The van der Waals surface area contributed by atoms with Crippen molar-refractivity contribution in [2.75, 3.05) is 6.54 Å². The number of aromatic nitrogens is 2. The van der Waals surface area contributed by atoms with Gasteiger partial charge in [0.1, 0.15) is 0 Å². The minimum absolute atomic E-state index is 0.305. The lowest BCUT2D eigenvalue weighted by Crippen LogP contribution is -2.43. The van der Waals surface area contributed by atoms with E-state index in [1.165, 1.54) is 11.6 Å². The molecule has 0 radical (unpaired) electrons. The molecule has 3 rings (SSSR count). The van der Waals surface area contributed by atoms with Crippen molar-refractivity contribution in [1.29, 1.82) is 0 Å². The molecule has 9 heteroatoms. The van der Waals surface area contributed by atoms with Crippen molar-refractivity contribution in [3.63, 3.8) is 0 Å². The number of carbonyl (C=O) groups excluding carboxylic acids is 3. The molecule has 0 saturated heterocycles. The van der Waals surface area contributed by atoms with Crippen molar-refractivity contribution < 1.29 is 19.6 Å². The van der Waals surface area contributed by atoms with E-state index in [9.17, 15) is 14.4 Å². The zero-order chi connectivity index (χ0) is 23.5. The highest BCUT2D eigenvalue weighted by Crippen LogP contribution is 2.11. The second-order valence-electron chi connectivity index (χ2n) is 7.25. The zero-order valence-electron chi connectivity index (χ0n) is 17.9. The number of aryl methyl sites for hydroxylation is 1. The number of hydrogen-bond donors (Lipinski definition) is 3. The van der Waals surface area contributed by atoms with Gasteiger partial charge in [0, 0.05) is 43.7 Å². The average molecular weight is 447 g/mol. The molecule has 3 aromatic rings. The number of amides is 4. The molecule has 9 nitrogen and oxygen atoms in total. The van der Waals surface area contributed by atoms with E-state index in [4.69, 9.17) is 5.21 Å². The molecule has 170 valence electrons. The van der Waals surface area contributed by atoms with E-state index in [-0.39, 0.29) is 0 Å². The molecule has 0 atom stereocenters. The van der Waals surface area contributed by atoms with E-state index in [2.05, 4.69) is 10.3 Å². The zero-order valence-corrected chi connectivity index (χ0v) is 17.9. The van der Waals surface area contributed by atoms with Crippen LogP contribution in [0.4, 0.5) is 4.79 Å². The second-order valence-corrected chi connectivity index (χ2v) is 7.25. The molecule has 1 heterocycles. The number of benzene rings is 2. The lowest BCUT2D eigenvalue weighted by atomic mass is 10.1. The van der Waals surface area contributed by atoms with Crippen molar-refractivity contribution in [2.24, 2.45) is 0 Å². The Labute approximate surface area is 191 Å². The maximum Gasteiger partial charge on any atom is 0.324 e. The average Bonchev–Trinajstić information content (AvgIpc) is 3.36. The predicted molar refractivity (Wildman–Crippen MR) is 122 cm³/mol. The van der Waals surface area contributed by atoms with Crippen molar-refractivity contribution >= 4 is 23.9 Å². The van der Waals surface area contributed by atoms with Crippen molar-refractivity contribution in [3.8, 4) is 0 Å². The van der Waals surface area contributed by atoms with Crippen LogP contribution in [0.3, 0.4) is 0 Å². The second kappa shape index (κ2) is 12.0. The van der Waals surface area contributed by atoms with E-state index in [1.807, 2.05) is 22.9 Å². The quantitative estimate of drug-likeness (QED) is 0.265. The van der Waals surface area contributed by atoms with Crippen LogP contribution in [-0.2, 0) is 17.9 Å². The molecule has 2 aromatic carbocycles. The van der Waals surface area contributed by atoms with Crippen LogP contribution in [-0.4, -0.2) is 44.0 Å². The maximum atomic E-state index is 12.9. The first kappa shape index (κ1) is 23.4. The van der Waals surface area contributed by atoms with Crippen molar-refractivity contribution in [3.05, 3.63) is 96.1 Å². The molecule has 1 aromatic heterocycles. The Morgan fingerprint density at radius 2 is 1.82 bits per heavy atom. The third-order valence-corrected chi connectivity index (χ3v) is 4.84. The van der Waals surface area contributed by atoms with E-state index in [0.717, 1.165) is 11.1 Å². The molecule has 0 spiro atoms. The molecule has 0 bridgehead atoms. The lowest BCUT2D eigenvalue weighted by Gasteiger charge is -2.23. The minimum atomic E-state index is -0.622. The van der Waals surface area contributed by atoms with Crippen LogP contribution in [0.25, 0.3) is 6.08 Å². The highest BCUT2D eigenvalue weighted by Gasteiger charge is 2.17. The van der Waals surface area contributed by atoms with Crippen molar-refractivity contribution in [2.45, 2.75) is 19.5 Å². The Bertz CT molecular complexity index is 1080. The van der Waals surface area contributed by atoms with E-state index in [1.54, 1.807) is 66.0 Å². The fraction of sp³-hybridized carbons (Fsp3) is 0.167. The summed E-state index contributed by atoms with van der Waals surface area (Å²) < 4.78 is 1.93. The van der Waals surface area contributed by atoms with Crippen LogP contribution in [0, 0.1) is 0 Å². The maximum absolute atomic E-state index is 12.9. The summed E-state index contributed by atoms with van der Waals surface area (Å²) in [7, 11) is 0. The molecule has 0 aliphatic rings. The van der Waals surface area contributed by atoms with Gasteiger partial charge in [0.15, 0.2) is 0 Å². The van der Waals surface area contributed by atoms with Gasteiger partial charge >= 0.3 is 6.03 Å². The third kappa shape index (κ3) is 7.44. The van der Waals surface area contributed by atoms with E-state index < -0.39 is 17.8 Å². The van der Waals surface area contributed by atoms with Gasteiger partial charge in [0.2, 0.25) is 0 Å². The molecule has 0 aliphatic heterocycles. The van der Waals surface area contributed by atoms with Gasteiger partial charge in [-0.1, -0.05) is 42.5 Å². The third-order valence-electron chi connectivity index (χ3n) is 4.84. The molecule has 0 saturated carbocycles. The van der Waals surface area contributed by atoms with Crippen LogP contribution in [0.15, 0.2) is 79.4 Å². The van der Waals surface area contributed by atoms with Crippen molar-refractivity contribution in [1.82, 2.24) is 25.2 Å². The Morgan fingerprint density at radius 1 is 1.06 bits per heavy atom. The van der Waals surface area contributed by atoms with Gasteiger partial charge < -0.3 is 9.47 Å². The van der Waals surface area contributed by atoms with Gasteiger partial charge in [-0.2, -0.15) is 0 Å². The molecule has 33 heavy (non-hydrogen) atoms. The Balaban J connectivity index is 1.66. The Hall–Kier alpha value is -4.24. The number of hydrogen-bond acceptors (Lipinski definition) is 5. The molecule has 0 unspecified atom stereocenters. The summed E-state index contributed by atoms with van der Waals surface area (Å²) in [6, 6.07) is 15.4. The fourth-order valence-electron chi connectivity index (χ4n) is 3.12. The smallest absolute Gasteiger partial charge is 0.324 e. The summed E-state index contributed by atoms with van der Waals surface area (Å²) in [6.07, 6.45) is 8.71. The first-order chi connectivity index (χ1) is 16.0. The normalized spacial score (nSPS) is 10.7. The molecular formula is C24H25N5O4. The summed E-state index contributed by atoms with van der Waals surface area (Å²) in [5.74, 6) is -1.08. The predicted octanol–water partition coefficient (Wildman–Crippen LogP) is 2.84. The van der Waals surface area contributed by atoms with Gasteiger partial charge in [-0.15, -0.1) is 0 Å². The molecule has 0 aliphatic carbocycles. The summed E-state index contributed by atoms with van der Waals surface area (Å²) >= 11 is 0. The van der Waals surface area contributed by atoms with Gasteiger partial charge in [-0.3, -0.25) is 20.1 Å². The topological polar surface area (TPSA) is 117 Å². The molecule has 4 amide bonds.